The van der Waals surface area contributed by atoms with Crippen LogP contribution in [-0.2, 0) is 0 Å². The van der Waals surface area contributed by atoms with Crippen LogP contribution in [-0.4, -0.2) is 63.6 Å². The Hall–Kier alpha value is -1.67. The van der Waals surface area contributed by atoms with Gasteiger partial charge in [0.2, 0.25) is 17.8 Å². The van der Waals surface area contributed by atoms with E-state index < -0.39 is 0 Å². The number of hydrogen-bond donors (Lipinski definition) is 4. The second-order valence-electron chi connectivity index (χ2n) is 6.19. The summed E-state index contributed by atoms with van der Waals surface area (Å²) in [5.74, 6) is 1.57. The minimum atomic E-state index is -0.0886. The van der Waals surface area contributed by atoms with Crippen molar-refractivity contribution >= 4 is 17.8 Å². The van der Waals surface area contributed by atoms with Crippen molar-refractivity contribution in [2.75, 3.05) is 41.8 Å². The summed E-state index contributed by atoms with van der Waals surface area (Å²) in [5.41, 5.74) is 0. The summed E-state index contributed by atoms with van der Waals surface area (Å²) in [7, 11) is 0. The quantitative estimate of drug-likeness (QED) is 0.533. The second kappa shape index (κ2) is 9.58. The van der Waals surface area contributed by atoms with Gasteiger partial charge in [-0.1, -0.05) is 13.8 Å². The molecule has 1 fully saturated rings. The minimum Gasteiger partial charge on any atom is -0.394 e. The van der Waals surface area contributed by atoms with E-state index in [1.807, 2.05) is 13.8 Å². The third-order valence-corrected chi connectivity index (χ3v) is 4.36. The van der Waals surface area contributed by atoms with Crippen LogP contribution in [0.5, 0.6) is 0 Å². The minimum absolute atomic E-state index is 0.0260. The highest BCUT2D eigenvalue weighted by Gasteiger charge is 2.18. The summed E-state index contributed by atoms with van der Waals surface area (Å²) in [4.78, 5) is 15.6. The van der Waals surface area contributed by atoms with Crippen LogP contribution in [0.2, 0.25) is 0 Å². The van der Waals surface area contributed by atoms with E-state index in [2.05, 4.69) is 30.5 Å². The fraction of sp³-hybridized carbons (Fsp3) is 0.812. The smallest absolute Gasteiger partial charge is 0.231 e. The third-order valence-electron chi connectivity index (χ3n) is 4.36. The molecule has 8 heteroatoms. The summed E-state index contributed by atoms with van der Waals surface area (Å²) in [5, 5.41) is 25.1. The van der Waals surface area contributed by atoms with E-state index in [1.165, 1.54) is 6.42 Å². The Balaban J connectivity index is 2.24. The molecular formula is C16H30N6O2. The van der Waals surface area contributed by atoms with Crippen molar-refractivity contribution in [1.82, 2.24) is 15.0 Å². The summed E-state index contributed by atoms with van der Waals surface area (Å²) >= 11 is 0. The highest BCUT2D eigenvalue weighted by Crippen LogP contribution is 2.19. The molecule has 0 aliphatic carbocycles. The molecule has 0 amide bonds. The van der Waals surface area contributed by atoms with Crippen molar-refractivity contribution in [3.63, 3.8) is 0 Å². The van der Waals surface area contributed by atoms with Crippen LogP contribution in [0, 0.1) is 0 Å². The topological polar surface area (TPSA) is 106 Å². The first-order valence-corrected chi connectivity index (χ1v) is 8.95. The molecule has 8 nitrogen and oxygen atoms in total. The predicted octanol–water partition coefficient (Wildman–Crippen LogP) is 1.23. The molecule has 4 N–H and O–H groups in total. The van der Waals surface area contributed by atoms with Gasteiger partial charge in [0.15, 0.2) is 0 Å². The third kappa shape index (κ3) is 5.17. The molecule has 2 rings (SSSR count). The first-order chi connectivity index (χ1) is 11.7. The van der Waals surface area contributed by atoms with Crippen molar-refractivity contribution in [3.8, 4) is 0 Å². The molecule has 24 heavy (non-hydrogen) atoms. The van der Waals surface area contributed by atoms with Crippen molar-refractivity contribution in [3.05, 3.63) is 0 Å². The van der Waals surface area contributed by atoms with Crippen LogP contribution in [0.3, 0.4) is 0 Å². The van der Waals surface area contributed by atoms with Crippen LogP contribution in [0.25, 0.3) is 0 Å². The monoisotopic (exact) mass is 338 g/mol. The standard InChI is InChI=1S/C16H30N6O2/c1-3-12(10-23)17-14-19-15(18-13(4-2)11-24)21-16(20-14)22-8-6-5-7-9-22/h12-13,23-24H,3-11H2,1-2H3,(H2,17,18,19,20,21)/t12-,13+. The number of nitrogens with one attached hydrogen (secondary N) is 2. The number of aliphatic hydroxyl groups excluding tert-OH is 2. The molecule has 1 aliphatic heterocycles. The number of aliphatic hydroxyl groups is 2. The van der Waals surface area contributed by atoms with Crippen LogP contribution < -0.4 is 15.5 Å². The second-order valence-corrected chi connectivity index (χ2v) is 6.19. The molecule has 1 aromatic rings. The fourth-order valence-electron chi connectivity index (χ4n) is 2.65. The lowest BCUT2D eigenvalue weighted by Crippen LogP contribution is -2.33. The highest BCUT2D eigenvalue weighted by molar-refractivity contribution is 5.45. The number of nitrogens with zero attached hydrogens (tertiary/aromatic N) is 4. The zero-order chi connectivity index (χ0) is 17.4. The molecule has 0 spiro atoms. The van der Waals surface area contributed by atoms with Gasteiger partial charge in [-0.3, -0.25) is 0 Å². The fourth-order valence-corrected chi connectivity index (χ4v) is 2.65. The van der Waals surface area contributed by atoms with Gasteiger partial charge in [-0.05, 0) is 32.1 Å². The number of rotatable bonds is 9. The van der Waals surface area contributed by atoms with E-state index in [0.717, 1.165) is 38.8 Å². The average molecular weight is 338 g/mol. The van der Waals surface area contributed by atoms with Crippen LogP contribution >= 0.6 is 0 Å². The van der Waals surface area contributed by atoms with E-state index in [4.69, 9.17) is 0 Å². The maximum absolute atomic E-state index is 9.40. The van der Waals surface area contributed by atoms with Crippen LogP contribution in [0.15, 0.2) is 0 Å². The summed E-state index contributed by atoms with van der Waals surface area (Å²) < 4.78 is 0. The predicted molar refractivity (Wildman–Crippen MR) is 95.5 cm³/mol. The highest BCUT2D eigenvalue weighted by atomic mass is 16.3. The molecule has 0 bridgehead atoms. The Labute approximate surface area is 143 Å². The van der Waals surface area contributed by atoms with Gasteiger partial charge in [0.25, 0.3) is 0 Å². The Morgan fingerprint density at radius 2 is 1.38 bits per heavy atom. The Kier molecular flexibility index (Phi) is 7.45. The normalized spacial score (nSPS) is 17.4. The molecule has 0 saturated carbocycles. The lowest BCUT2D eigenvalue weighted by atomic mass is 10.1. The molecule has 0 aromatic carbocycles. The van der Waals surface area contributed by atoms with Gasteiger partial charge in [0, 0.05) is 13.1 Å². The first kappa shape index (κ1) is 18.7. The lowest BCUT2D eigenvalue weighted by Gasteiger charge is -2.27. The van der Waals surface area contributed by atoms with E-state index >= 15 is 0 Å². The Bertz CT molecular complexity index is 455. The molecule has 2 atom stereocenters. The summed E-state index contributed by atoms with van der Waals surface area (Å²) in [6.07, 6.45) is 5.07. The van der Waals surface area contributed by atoms with Crippen LogP contribution in [0.1, 0.15) is 46.0 Å². The maximum atomic E-state index is 9.40. The van der Waals surface area contributed by atoms with Gasteiger partial charge < -0.3 is 25.7 Å². The van der Waals surface area contributed by atoms with Crippen LogP contribution in [0.4, 0.5) is 17.8 Å². The van der Waals surface area contributed by atoms with Gasteiger partial charge in [-0.25, -0.2) is 0 Å². The van der Waals surface area contributed by atoms with Gasteiger partial charge in [-0.2, -0.15) is 15.0 Å². The van der Waals surface area contributed by atoms with Gasteiger partial charge in [-0.15, -0.1) is 0 Å². The molecule has 136 valence electrons. The number of hydrogen-bond acceptors (Lipinski definition) is 8. The largest absolute Gasteiger partial charge is 0.394 e. The molecule has 1 aromatic heterocycles. The maximum Gasteiger partial charge on any atom is 0.231 e. The molecule has 1 aliphatic rings. The van der Waals surface area contributed by atoms with E-state index in [1.54, 1.807) is 0 Å². The lowest BCUT2D eigenvalue weighted by molar-refractivity contribution is 0.271. The number of piperidine rings is 1. The zero-order valence-corrected chi connectivity index (χ0v) is 14.7. The Morgan fingerprint density at radius 3 is 1.79 bits per heavy atom. The van der Waals surface area contributed by atoms with Gasteiger partial charge >= 0.3 is 0 Å². The molecule has 1 saturated heterocycles. The molecule has 0 radical (unpaired) electrons. The van der Waals surface area contributed by atoms with E-state index in [0.29, 0.717) is 17.8 Å². The number of anilines is 3. The number of aromatic nitrogens is 3. The summed E-state index contributed by atoms with van der Waals surface area (Å²) in [6.45, 7) is 5.93. The van der Waals surface area contributed by atoms with E-state index in [-0.39, 0.29) is 25.3 Å². The Morgan fingerprint density at radius 1 is 0.875 bits per heavy atom. The molecular weight excluding hydrogens is 308 g/mol. The van der Waals surface area contributed by atoms with Gasteiger partial charge in [0.1, 0.15) is 0 Å². The van der Waals surface area contributed by atoms with Crippen molar-refractivity contribution < 1.29 is 10.2 Å². The molecule has 2 heterocycles. The van der Waals surface area contributed by atoms with Crippen molar-refractivity contribution in [2.24, 2.45) is 0 Å². The van der Waals surface area contributed by atoms with Gasteiger partial charge in [0.05, 0.1) is 25.3 Å². The SMILES string of the molecule is CC[C@H](CO)Nc1nc(N[C@@H](CC)CO)nc(N2CCCCC2)n1. The van der Waals surface area contributed by atoms with Crippen molar-refractivity contribution in [2.45, 2.75) is 58.0 Å². The zero-order valence-electron chi connectivity index (χ0n) is 14.7. The first-order valence-electron chi connectivity index (χ1n) is 8.95. The van der Waals surface area contributed by atoms with E-state index in [9.17, 15) is 10.2 Å². The molecule has 0 unspecified atom stereocenters. The summed E-state index contributed by atoms with van der Waals surface area (Å²) in [6, 6.07) is -0.177. The average Bonchev–Trinajstić information content (AvgIpc) is 2.64. The van der Waals surface area contributed by atoms with Crippen molar-refractivity contribution in [1.29, 1.82) is 0 Å².